The quantitative estimate of drug-likeness (QED) is 0.527. The molecule has 0 saturated carbocycles. The predicted octanol–water partition coefficient (Wildman–Crippen LogP) is 3.92. The van der Waals surface area contributed by atoms with Crippen LogP contribution in [0.4, 0.5) is 0 Å². The standard InChI is InChI=1S/C18H12BrN3O3/c19-12-7-5-11(6-8-12)18-20-16(21-22-18)10-24-15-9-17(23)25-14-4-2-1-3-13(14)15/h1-9H,10H2,(H,20,21,22). The van der Waals surface area contributed by atoms with Crippen molar-refractivity contribution in [2.75, 3.05) is 0 Å². The number of hydrogen-bond donors (Lipinski definition) is 1. The summed E-state index contributed by atoms with van der Waals surface area (Å²) in [4.78, 5) is 16.1. The normalized spacial score (nSPS) is 10.9. The van der Waals surface area contributed by atoms with Gasteiger partial charge in [0.15, 0.2) is 11.6 Å². The average Bonchev–Trinajstić information content (AvgIpc) is 3.09. The van der Waals surface area contributed by atoms with Gasteiger partial charge in [0.05, 0.1) is 11.5 Å². The van der Waals surface area contributed by atoms with Crippen molar-refractivity contribution in [3.8, 4) is 17.1 Å². The summed E-state index contributed by atoms with van der Waals surface area (Å²) in [7, 11) is 0. The fraction of sp³-hybridized carbons (Fsp3) is 0.0556. The van der Waals surface area contributed by atoms with E-state index in [0.29, 0.717) is 23.0 Å². The number of para-hydroxylation sites is 1. The van der Waals surface area contributed by atoms with E-state index in [-0.39, 0.29) is 6.61 Å². The van der Waals surface area contributed by atoms with Crippen LogP contribution in [0, 0.1) is 0 Å². The Morgan fingerprint density at radius 3 is 2.76 bits per heavy atom. The van der Waals surface area contributed by atoms with E-state index in [2.05, 4.69) is 31.1 Å². The van der Waals surface area contributed by atoms with Gasteiger partial charge in [-0.05, 0) is 24.3 Å². The number of aromatic amines is 1. The topological polar surface area (TPSA) is 81.0 Å². The lowest BCUT2D eigenvalue weighted by Crippen LogP contribution is -2.03. The van der Waals surface area contributed by atoms with Crippen LogP contribution in [0.15, 0.2) is 68.3 Å². The van der Waals surface area contributed by atoms with Crippen LogP contribution < -0.4 is 10.4 Å². The molecule has 1 N–H and O–H groups in total. The number of rotatable bonds is 4. The highest BCUT2D eigenvalue weighted by Crippen LogP contribution is 2.24. The summed E-state index contributed by atoms with van der Waals surface area (Å²) in [6, 6.07) is 16.3. The number of hydrogen-bond acceptors (Lipinski definition) is 5. The van der Waals surface area contributed by atoms with Crippen LogP contribution in [0.3, 0.4) is 0 Å². The lowest BCUT2D eigenvalue weighted by atomic mass is 10.2. The molecule has 0 saturated heterocycles. The predicted molar refractivity (Wildman–Crippen MR) is 96.3 cm³/mol. The van der Waals surface area contributed by atoms with Crippen molar-refractivity contribution in [1.29, 1.82) is 0 Å². The minimum atomic E-state index is -0.457. The molecule has 0 fully saturated rings. The number of benzene rings is 2. The Bertz CT molecular complexity index is 1090. The van der Waals surface area contributed by atoms with E-state index >= 15 is 0 Å². The lowest BCUT2D eigenvalue weighted by molar-refractivity contribution is 0.297. The number of nitrogens with one attached hydrogen (secondary N) is 1. The van der Waals surface area contributed by atoms with Crippen molar-refractivity contribution >= 4 is 26.9 Å². The molecule has 2 heterocycles. The first kappa shape index (κ1) is 15.6. The zero-order chi connectivity index (χ0) is 17.2. The summed E-state index contributed by atoms with van der Waals surface area (Å²) in [5.41, 5.74) is 0.927. The number of nitrogens with zero attached hydrogens (tertiary/aromatic N) is 2. The molecule has 2 aromatic carbocycles. The zero-order valence-corrected chi connectivity index (χ0v) is 14.5. The van der Waals surface area contributed by atoms with Gasteiger partial charge in [-0.1, -0.05) is 40.2 Å². The summed E-state index contributed by atoms with van der Waals surface area (Å²) in [6.45, 7) is 0.164. The first-order chi connectivity index (χ1) is 12.2. The molecule has 4 rings (SSSR count). The van der Waals surface area contributed by atoms with Crippen molar-refractivity contribution in [3.63, 3.8) is 0 Å². The molecule has 2 aromatic heterocycles. The van der Waals surface area contributed by atoms with Crippen LogP contribution >= 0.6 is 15.9 Å². The number of ether oxygens (including phenoxy) is 1. The smallest absolute Gasteiger partial charge is 0.339 e. The minimum Gasteiger partial charge on any atom is -0.485 e. The molecule has 0 unspecified atom stereocenters. The Balaban J connectivity index is 1.56. The van der Waals surface area contributed by atoms with Gasteiger partial charge in [-0.25, -0.2) is 9.78 Å². The van der Waals surface area contributed by atoms with E-state index in [4.69, 9.17) is 9.15 Å². The van der Waals surface area contributed by atoms with Gasteiger partial charge in [0, 0.05) is 10.0 Å². The summed E-state index contributed by atoms with van der Waals surface area (Å²) in [5.74, 6) is 1.60. The van der Waals surface area contributed by atoms with E-state index in [0.717, 1.165) is 15.4 Å². The fourth-order valence-electron chi connectivity index (χ4n) is 2.44. The van der Waals surface area contributed by atoms with E-state index in [9.17, 15) is 4.79 Å². The summed E-state index contributed by atoms with van der Waals surface area (Å²) >= 11 is 3.40. The number of aromatic nitrogens is 3. The highest BCUT2D eigenvalue weighted by Gasteiger charge is 2.09. The molecule has 25 heavy (non-hydrogen) atoms. The van der Waals surface area contributed by atoms with Crippen LogP contribution in [-0.4, -0.2) is 15.2 Å². The SMILES string of the molecule is O=c1cc(OCc2nc(-c3ccc(Br)cc3)n[nH]2)c2ccccc2o1. The molecular formula is C18H12BrN3O3. The molecule has 4 aromatic rings. The molecule has 0 radical (unpaired) electrons. The first-order valence-corrected chi connectivity index (χ1v) is 8.31. The molecular weight excluding hydrogens is 386 g/mol. The van der Waals surface area contributed by atoms with Crippen molar-refractivity contribution < 1.29 is 9.15 Å². The number of H-pyrrole nitrogens is 1. The summed E-state index contributed by atoms with van der Waals surface area (Å²) in [5, 5.41) is 7.78. The molecule has 0 aliphatic carbocycles. The van der Waals surface area contributed by atoms with Crippen LogP contribution in [0.2, 0.25) is 0 Å². The van der Waals surface area contributed by atoms with Crippen LogP contribution in [0.1, 0.15) is 5.82 Å². The van der Waals surface area contributed by atoms with Gasteiger partial charge in [-0.15, -0.1) is 0 Å². The van der Waals surface area contributed by atoms with E-state index in [1.54, 1.807) is 12.1 Å². The van der Waals surface area contributed by atoms with Crippen molar-refractivity contribution in [3.05, 3.63) is 75.3 Å². The van der Waals surface area contributed by atoms with Crippen LogP contribution in [-0.2, 0) is 6.61 Å². The first-order valence-electron chi connectivity index (χ1n) is 7.52. The van der Waals surface area contributed by atoms with Crippen LogP contribution in [0.5, 0.6) is 5.75 Å². The van der Waals surface area contributed by atoms with Gasteiger partial charge in [0.2, 0.25) is 0 Å². The van der Waals surface area contributed by atoms with E-state index < -0.39 is 5.63 Å². The van der Waals surface area contributed by atoms with E-state index in [1.807, 2.05) is 36.4 Å². The molecule has 0 aliphatic rings. The molecule has 7 heteroatoms. The number of fused-ring (bicyclic) bond motifs is 1. The highest BCUT2D eigenvalue weighted by molar-refractivity contribution is 9.10. The third kappa shape index (κ3) is 3.32. The monoisotopic (exact) mass is 397 g/mol. The largest absolute Gasteiger partial charge is 0.485 e. The Morgan fingerprint density at radius 1 is 1.12 bits per heavy atom. The highest BCUT2D eigenvalue weighted by atomic mass is 79.9. The second kappa shape index (κ2) is 6.52. The third-order valence-corrected chi connectivity index (χ3v) is 4.14. The Morgan fingerprint density at radius 2 is 1.92 bits per heavy atom. The van der Waals surface area contributed by atoms with Crippen molar-refractivity contribution in [2.24, 2.45) is 0 Å². The molecule has 6 nitrogen and oxygen atoms in total. The van der Waals surface area contributed by atoms with Gasteiger partial charge < -0.3 is 9.15 Å². The van der Waals surface area contributed by atoms with E-state index in [1.165, 1.54) is 6.07 Å². The minimum absolute atomic E-state index is 0.164. The van der Waals surface area contributed by atoms with Crippen molar-refractivity contribution in [1.82, 2.24) is 15.2 Å². The average molecular weight is 398 g/mol. The lowest BCUT2D eigenvalue weighted by Gasteiger charge is -2.06. The molecule has 124 valence electrons. The summed E-state index contributed by atoms with van der Waals surface area (Å²) < 4.78 is 11.9. The molecule has 0 spiro atoms. The zero-order valence-electron chi connectivity index (χ0n) is 12.9. The van der Waals surface area contributed by atoms with Gasteiger partial charge in [0.25, 0.3) is 0 Å². The maximum absolute atomic E-state index is 11.6. The maximum Gasteiger partial charge on any atom is 0.339 e. The fourth-order valence-corrected chi connectivity index (χ4v) is 2.70. The second-order valence-electron chi connectivity index (χ2n) is 5.33. The van der Waals surface area contributed by atoms with Gasteiger partial charge >= 0.3 is 5.63 Å². The summed E-state index contributed by atoms with van der Waals surface area (Å²) in [6.07, 6.45) is 0. The van der Waals surface area contributed by atoms with Crippen molar-refractivity contribution in [2.45, 2.75) is 6.61 Å². The second-order valence-corrected chi connectivity index (χ2v) is 6.24. The maximum atomic E-state index is 11.6. The third-order valence-electron chi connectivity index (χ3n) is 3.61. The van der Waals surface area contributed by atoms with Crippen LogP contribution in [0.25, 0.3) is 22.4 Å². The Hall–Kier alpha value is -2.93. The van der Waals surface area contributed by atoms with Gasteiger partial charge in [0.1, 0.15) is 17.9 Å². The van der Waals surface area contributed by atoms with Gasteiger partial charge in [-0.3, -0.25) is 5.10 Å². The molecule has 0 atom stereocenters. The molecule has 0 bridgehead atoms. The Kier molecular flexibility index (Phi) is 4.07. The molecule has 0 aliphatic heterocycles. The molecule has 0 amide bonds. The van der Waals surface area contributed by atoms with Gasteiger partial charge in [-0.2, -0.15) is 5.10 Å². The number of halogens is 1. The Labute approximate surface area is 150 Å².